The van der Waals surface area contributed by atoms with Gasteiger partial charge in [0.25, 0.3) is 0 Å². The van der Waals surface area contributed by atoms with E-state index in [1.165, 1.54) is 5.56 Å². The van der Waals surface area contributed by atoms with Crippen LogP contribution in [0.1, 0.15) is 30.7 Å². The van der Waals surface area contributed by atoms with Crippen LogP contribution in [0.25, 0.3) is 0 Å². The zero-order valence-corrected chi connectivity index (χ0v) is 10.7. The zero-order chi connectivity index (χ0) is 12.8. The maximum atomic E-state index is 5.48. The highest BCUT2D eigenvalue weighted by Crippen LogP contribution is 2.21. The number of furan rings is 1. The number of rotatable bonds is 6. The molecule has 1 unspecified atom stereocenters. The zero-order valence-electron chi connectivity index (χ0n) is 10.7. The summed E-state index contributed by atoms with van der Waals surface area (Å²) < 4.78 is 5.48. The maximum Gasteiger partial charge on any atom is 0.121 e. The van der Waals surface area contributed by atoms with E-state index in [0.29, 0.717) is 0 Å². The molecule has 0 saturated carbocycles. The van der Waals surface area contributed by atoms with E-state index in [9.17, 15) is 0 Å². The summed E-state index contributed by atoms with van der Waals surface area (Å²) >= 11 is 0. The van der Waals surface area contributed by atoms with Crippen LogP contribution in [0.2, 0.25) is 0 Å². The van der Waals surface area contributed by atoms with Crippen LogP contribution in [0.5, 0.6) is 0 Å². The third kappa shape index (κ3) is 3.60. The topological polar surface area (TPSA) is 25.2 Å². The van der Waals surface area contributed by atoms with Crippen molar-refractivity contribution in [3.05, 3.63) is 72.2 Å². The quantitative estimate of drug-likeness (QED) is 0.771. The smallest absolute Gasteiger partial charge is 0.121 e. The number of benzene rings is 1. The highest BCUT2D eigenvalue weighted by atomic mass is 16.3. The van der Waals surface area contributed by atoms with Crippen molar-refractivity contribution in [2.24, 2.45) is 0 Å². The molecule has 18 heavy (non-hydrogen) atoms. The second-order valence-corrected chi connectivity index (χ2v) is 4.60. The Labute approximate surface area is 108 Å². The molecule has 2 nitrogen and oxygen atoms in total. The van der Waals surface area contributed by atoms with E-state index in [-0.39, 0.29) is 6.04 Å². The van der Waals surface area contributed by atoms with Crippen LogP contribution < -0.4 is 5.32 Å². The van der Waals surface area contributed by atoms with E-state index >= 15 is 0 Å². The predicted molar refractivity (Wildman–Crippen MR) is 74.2 cm³/mol. The molecule has 0 aliphatic heterocycles. The molecule has 2 aromatic rings. The molecule has 1 N–H and O–H groups in total. The minimum absolute atomic E-state index is 0.192. The van der Waals surface area contributed by atoms with Gasteiger partial charge >= 0.3 is 0 Å². The molecular weight excluding hydrogens is 222 g/mol. The number of nitrogens with one attached hydrogen (secondary N) is 1. The van der Waals surface area contributed by atoms with Crippen molar-refractivity contribution < 1.29 is 4.42 Å². The first-order chi connectivity index (χ1) is 8.75. The Bertz CT molecular complexity index is 473. The van der Waals surface area contributed by atoms with Gasteiger partial charge in [-0.1, -0.05) is 35.9 Å². The van der Waals surface area contributed by atoms with E-state index in [2.05, 4.69) is 36.2 Å². The van der Waals surface area contributed by atoms with Crippen molar-refractivity contribution in [3.63, 3.8) is 0 Å². The van der Waals surface area contributed by atoms with Crippen molar-refractivity contribution in [2.45, 2.75) is 25.9 Å². The SMILES string of the molecule is C=C(C)CC(NCc1ccccc1)c1ccco1. The molecule has 1 aromatic carbocycles. The Kier molecular flexibility index (Phi) is 4.37. The Balaban J connectivity index is 2.00. The van der Waals surface area contributed by atoms with E-state index in [1.54, 1.807) is 6.26 Å². The van der Waals surface area contributed by atoms with E-state index in [0.717, 1.165) is 24.3 Å². The molecule has 0 aliphatic rings. The lowest BCUT2D eigenvalue weighted by atomic mass is 10.1. The summed E-state index contributed by atoms with van der Waals surface area (Å²) in [6, 6.07) is 14.5. The largest absolute Gasteiger partial charge is 0.468 e. The lowest BCUT2D eigenvalue weighted by molar-refractivity contribution is 0.408. The normalized spacial score (nSPS) is 12.3. The van der Waals surface area contributed by atoms with Gasteiger partial charge in [-0.05, 0) is 31.0 Å². The predicted octanol–water partition coefficient (Wildman–Crippen LogP) is 4.08. The molecule has 0 aliphatic carbocycles. The Morgan fingerprint density at radius 3 is 2.61 bits per heavy atom. The lowest BCUT2D eigenvalue weighted by Gasteiger charge is -2.16. The van der Waals surface area contributed by atoms with Crippen LogP contribution in [0.3, 0.4) is 0 Å². The van der Waals surface area contributed by atoms with Gasteiger partial charge in [0.1, 0.15) is 5.76 Å². The van der Waals surface area contributed by atoms with E-state index in [1.807, 2.05) is 25.1 Å². The number of hydrogen-bond acceptors (Lipinski definition) is 2. The first-order valence-corrected chi connectivity index (χ1v) is 6.21. The third-order valence-corrected chi connectivity index (χ3v) is 2.83. The van der Waals surface area contributed by atoms with Crippen LogP contribution in [0.4, 0.5) is 0 Å². The van der Waals surface area contributed by atoms with Crippen LogP contribution in [0, 0.1) is 0 Å². The van der Waals surface area contributed by atoms with Crippen molar-refractivity contribution in [3.8, 4) is 0 Å². The summed E-state index contributed by atoms with van der Waals surface area (Å²) in [5.41, 5.74) is 2.42. The van der Waals surface area contributed by atoms with Crippen molar-refractivity contribution in [1.29, 1.82) is 0 Å². The van der Waals surface area contributed by atoms with Crippen LogP contribution in [0.15, 0.2) is 65.3 Å². The van der Waals surface area contributed by atoms with Crippen molar-refractivity contribution >= 4 is 0 Å². The van der Waals surface area contributed by atoms with Crippen LogP contribution in [-0.4, -0.2) is 0 Å². The van der Waals surface area contributed by atoms with Crippen molar-refractivity contribution in [1.82, 2.24) is 5.32 Å². The molecule has 0 amide bonds. The molecule has 1 heterocycles. The molecule has 0 spiro atoms. The summed E-state index contributed by atoms with van der Waals surface area (Å²) in [7, 11) is 0. The third-order valence-electron chi connectivity index (χ3n) is 2.83. The Hall–Kier alpha value is -1.80. The molecule has 1 atom stereocenters. The number of hydrogen-bond donors (Lipinski definition) is 1. The van der Waals surface area contributed by atoms with E-state index in [4.69, 9.17) is 4.42 Å². The standard InChI is InChI=1S/C16H19NO/c1-13(2)11-15(16-9-6-10-18-16)17-12-14-7-4-3-5-8-14/h3-10,15,17H,1,11-12H2,2H3. The van der Waals surface area contributed by atoms with Crippen LogP contribution in [-0.2, 0) is 6.54 Å². The molecule has 0 radical (unpaired) electrons. The van der Waals surface area contributed by atoms with Gasteiger partial charge in [0.05, 0.1) is 12.3 Å². The molecule has 1 aromatic heterocycles. The van der Waals surface area contributed by atoms with E-state index < -0.39 is 0 Å². The Morgan fingerprint density at radius 2 is 2.00 bits per heavy atom. The van der Waals surface area contributed by atoms with Gasteiger partial charge in [-0.25, -0.2) is 0 Å². The average molecular weight is 241 g/mol. The molecule has 2 heteroatoms. The first kappa shape index (κ1) is 12.7. The summed E-state index contributed by atoms with van der Waals surface area (Å²) in [5.74, 6) is 0.967. The minimum atomic E-state index is 0.192. The highest BCUT2D eigenvalue weighted by Gasteiger charge is 2.13. The molecule has 94 valence electrons. The van der Waals surface area contributed by atoms with Gasteiger partial charge in [-0.3, -0.25) is 0 Å². The Morgan fingerprint density at radius 1 is 1.22 bits per heavy atom. The van der Waals surface area contributed by atoms with Gasteiger partial charge in [0.2, 0.25) is 0 Å². The molecule has 2 rings (SSSR count). The molecular formula is C16H19NO. The fourth-order valence-corrected chi connectivity index (χ4v) is 1.95. The molecule has 0 saturated heterocycles. The van der Waals surface area contributed by atoms with Crippen LogP contribution >= 0.6 is 0 Å². The fraction of sp³-hybridized carbons (Fsp3) is 0.250. The average Bonchev–Trinajstić information content (AvgIpc) is 2.89. The monoisotopic (exact) mass is 241 g/mol. The minimum Gasteiger partial charge on any atom is -0.468 e. The van der Waals surface area contributed by atoms with Gasteiger partial charge in [-0.2, -0.15) is 0 Å². The van der Waals surface area contributed by atoms with Crippen molar-refractivity contribution in [2.75, 3.05) is 0 Å². The van der Waals surface area contributed by atoms with Gasteiger partial charge < -0.3 is 9.73 Å². The van der Waals surface area contributed by atoms with Gasteiger partial charge in [0.15, 0.2) is 0 Å². The second-order valence-electron chi connectivity index (χ2n) is 4.60. The first-order valence-electron chi connectivity index (χ1n) is 6.21. The van der Waals surface area contributed by atoms with Gasteiger partial charge in [-0.15, -0.1) is 6.58 Å². The summed E-state index contributed by atoms with van der Waals surface area (Å²) in [4.78, 5) is 0. The summed E-state index contributed by atoms with van der Waals surface area (Å²) in [6.07, 6.45) is 2.60. The highest BCUT2D eigenvalue weighted by molar-refractivity contribution is 5.15. The fourth-order valence-electron chi connectivity index (χ4n) is 1.95. The summed E-state index contributed by atoms with van der Waals surface area (Å²) in [5, 5.41) is 3.52. The molecule has 0 bridgehead atoms. The second kappa shape index (κ2) is 6.22. The summed E-state index contributed by atoms with van der Waals surface area (Å²) in [6.45, 7) is 6.85. The van der Waals surface area contributed by atoms with Gasteiger partial charge in [0, 0.05) is 6.54 Å². The maximum absolute atomic E-state index is 5.48. The molecule has 0 fully saturated rings. The lowest BCUT2D eigenvalue weighted by Crippen LogP contribution is -2.20.